The van der Waals surface area contributed by atoms with Gasteiger partial charge in [0.2, 0.25) is 5.43 Å². The highest BCUT2D eigenvalue weighted by Crippen LogP contribution is 2.17. The number of carbonyl (C=O) groups is 1. The Hall–Kier alpha value is -2.74. The van der Waals surface area contributed by atoms with Gasteiger partial charge in [-0.1, -0.05) is 23.7 Å². The highest BCUT2D eigenvalue weighted by atomic mass is 35.5. The van der Waals surface area contributed by atoms with Crippen LogP contribution in [0.2, 0.25) is 5.02 Å². The molecule has 0 spiro atoms. The van der Waals surface area contributed by atoms with Crippen molar-refractivity contribution in [1.29, 1.82) is 0 Å². The molecule has 6 nitrogen and oxygen atoms in total. The number of nitrogens with zero attached hydrogens (tertiary/aromatic N) is 1. The Balaban J connectivity index is 1.85. The predicted octanol–water partition coefficient (Wildman–Crippen LogP) is 3.06. The number of aromatic amines is 1. The lowest BCUT2D eigenvalue weighted by molar-refractivity contribution is 0.0949. The minimum absolute atomic E-state index is 0.0520. The number of pyridine rings is 1. The van der Waals surface area contributed by atoms with Crippen LogP contribution in [0.3, 0.4) is 0 Å². The van der Waals surface area contributed by atoms with Gasteiger partial charge in [-0.05, 0) is 49.4 Å². The molecule has 0 saturated carbocycles. The third-order valence-electron chi connectivity index (χ3n) is 4.64. The van der Waals surface area contributed by atoms with Crippen molar-refractivity contribution < 1.29 is 14.3 Å². The van der Waals surface area contributed by atoms with Gasteiger partial charge in [-0.25, -0.2) is 4.39 Å². The third-order valence-corrected chi connectivity index (χ3v) is 4.89. The molecule has 1 heterocycles. The molecule has 8 heteroatoms. The molecule has 2 aromatic carbocycles. The number of H-pyrrole nitrogens is 1. The molecule has 0 fully saturated rings. The van der Waals surface area contributed by atoms with Crippen molar-refractivity contribution in [3.63, 3.8) is 0 Å². The average molecular weight is 432 g/mol. The van der Waals surface area contributed by atoms with Gasteiger partial charge in [0.1, 0.15) is 11.4 Å². The summed E-state index contributed by atoms with van der Waals surface area (Å²) < 4.78 is 14.5. The van der Waals surface area contributed by atoms with E-state index in [0.29, 0.717) is 23.7 Å². The molecule has 0 bridgehead atoms. The number of hydrogen-bond donors (Lipinski definition) is 3. The van der Waals surface area contributed by atoms with Crippen molar-refractivity contribution in [2.45, 2.75) is 26.1 Å². The zero-order chi connectivity index (χ0) is 21.8. The normalized spacial score (nSPS) is 12.3. The molecule has 3 N–H and O–H groups in total. The Morgan fingerprint density at radius 1 is 1.27 bits per heavy atom. The van der Waals surface area contributed by atoms with E-state index in [1.807, 2.05) is 4.90 Å². The van der Waals surface area contributed by atoms with Crippen molar-refractivity contribution in [3.8, 4) is 0 Å². The van der Waals surface area contributed by atoms with Crippen molar-refractivity contribution in [2.75, 3.05) is 13.6 Å². The van der Waals surface area contributed by atoms with Gasteiger partial charge >= 0.3 is 0 Å². The first-order valence-electron chi connectivity index (χ1n) is 9.47. The second kappa shape index (κ2) is 9.38. The van der Waals surface area contributed by atoms with Crippen LogP contribution in [0.5, 0.6) is 0 Å². The van der Waals surface area contributed by atoms with E-state index < -0.39 is 23.3 Å². The first kappa shape index (κ1) is 22.0. The van der Waals surface area contributed by atoms with Gasteiger partial charge in [-0.15, -0.1) is 0 Å². The summed E-state index contributed by atoms with van der Waals surface area (Å²) in [4.78, 5) is 29.9. The predicted molar refractivity (Wildman–Crippen MR) is 115 cm³/mol. The summed E-state index contributed by atoms with van der Waals surface area (Å²) in [6.07, 6.45) is 0.698. The Morgan fingerprint density at radius 2 is 1.97 bits per heavy atom. The van der Waals surface area contributed by atoms with Crippen LogP contribution in [0.4, 0.5) is 4.39 Å². The lowest BCUT2D eigenvalue weighted by atomic mass is 10.1. The number of likely N-dealkylation sites (N-methyl/N-ethyl adjacent to an activating group) is 1. The fraction of sp³-hybridized carbons (Fsp3) is 0.273. The lowest BCUT2D eigenvalue weighted by Crippen LogP contribution is -2.29. The largest absolute Gasteiger partial charge is 0.392 e. The molecule has 0 radical (unpaired) electrons. The summed E-state index contributed by atoms with van der Waals surface area (Å²) in [7, 11) is 1.79. The SMILES string of the molecule is CC(O)CN(C)Cc1cc(F)c2[nH]cc(C(=O)NCc3ccc(Cl)cc3)c(=O)c2c1. The van der Waals surface area contributed by atoms with Crippen LogP contribution < -0.4 is 10.7 Å². The first-order chi connectivity index (χ1) is 14.2. The molecule has 1 amide bonds. The zero-order valence-electron chi connectivity index (χ0n) is 16.7. The van der Waals surface area contributed by atoms with Crippen LogP contribution in [-0.2, 0) is 13.1 Å². The summed E-state index contributed by atoms with van der Waals surface area (Å²) in [6, 6.07) is 9.90. The van der Waals surface area contributed by atoms with Gasteiger partial charge in [0.15, 0.2) is 0 Å². The number of aliphatic hydroxyl groups is 1. The third kappa shape index (κ3) is 5.24. The van der Waals surface area contributed by atoms with Crippen LogP contribution in [0.1, 0.15) is 28.4 Å². The Bertz CT molecular complexity index is 1110. The van der Waals surface area contributed by atoms with Gasteiger partial charge in [-0.2, -0.15) is 0 Å². The number of carbonyl (C=O) groups excluding carboxylic acids is 1. The first-order valence-corrected chi connectivity index (χ1v) is 9.85. The van der Waals surface area contributed by atoms with Crippen molar-refractivity contribution >= 4 is 28.4 Å². The Morgan fingerprint density at radius 3 is 2.63 bits per heavy atom. The molecule has 0 aliphatic rings. The number of aromatic nitrogens is 1. The Labute approximate surface area is 178 Å². The number of aliphatic hydroxyl groups excluding tert-OH is 1. The molecular weight excluding hydrogens is 409 g/mol. The van der Waals surface area contributed by atoms with Crippen LogP contribution in [0.15, 0.2) is 47.4 Å². The lowest BCUT2D eigenvalue weighted by Gasteiger charge is -2.18. The number of amides is 1. The second-order valence-electron chi connectivity index (χ2n) is 7.39. The number of nitrogens with one attached hydrogen (secondary N) is 2. The summed E-state index contributed by atoms with van der Waals surface area (Å²) in [5.41, 5.74) is 0.824. The molecular formula is C22H23ClFN3O3. The Kier molecular flexibility index (Phi) is 6.87. The number of fused-ring (bicyclic) bond motifs is 1. The summed E-state index contributed by atoms with van der Waals surface area (Å²) in [5.74, 6) is -1.12. The highest BCUT2D eigenvalue weighted by molar-refractivity contribution is 6.30. The van der Waals surface area contributed by atoms with Gasteiger partial charge < -0.3 is 15.4 Å². The monoisotopic (exact) mass is 431 g/mol. The van der Waals surface area contributed by atoms with Crippen LogP contribution in [0, 0.1) is 5.82 Å². The van der Waals surface area contributed by atoms with Crippen molar-refractivity contribution in [1.82, 2.24) is 15.2 Å². The molecule has 1 aromatic heterocycles. The molecule has 0 aliphatic heterocycles. The van der Waals surface area contributed by atoms with E-state index in [1.165, 1.54) is 12.3 Å². The van der Waals surface area contributed by atoms with E-state index in [1.54, 1.807) is 44.3 Å². The van der Waals surface area contributed by atoms with E-state index >= 15 is 0 Å². The average Bonchev–Trinajstić information content (AvgIpc) is 2.67. The smallest absolute Gasteiger partial charge is 0.257 e. The molecule has 30 heavy (non-hydrogen) atoms. The standard InChI is InChI=1S/C22H23ClFN3O3/c1-13(28)11-27(2)12-15-7-17-20(19(24)8-15)25-10-18(21(17)29)22(30)26-9-14-3-5-16(23)6-4-14/h3-8,10,13,28H,9,11-12H2,1-2H3,(H,25,29)(H,26,30). The molecule has 0 aliphatic carbocycles. The van der Waals surface area contributed by atoms with Crippen LogP contribution >= 0.6 is 11.6 Å². The summed E-state index contributed by atoms with van der Waals surface area (Å²) in [6.45, 7) is 2.65. The minimum atomic E-state index is -0.571. The maximum atomic E-state index is 14.5. The zero-order valence-corrected chi connectivity index (χ0v) is 17.5. The van der Waals surface area contributed by atoms with Gasteiger partial charge in [0.25, 0.3) is 5.91 Å². The fourth-order valence-electron chi connectivity index (χ4n) is 3.31. The molecule has 158 valence electrons. The quantitative estimate of drug-likeness (QED) is 0.536. The molecule has 0 saturated heterocycles. The second-order valence-corrected chi connectivity index (χ2v) is 7.82. The van der Waals surface area contributed by atoms with Crippen LogP contribution in [-0.4, -0.2) is 40.6 Å². The van der Waals surface area contributed by atoms with E-state index in [0.717, 1.165) is 5.56 Å². The van der Waals surface area contributed by atoms with E-state index in [9.17, 15) is 19.1 Å². The van der Waals surface area contributed by atoms with E-state index in [4.69, 9.17) is 11.6 Å². The highest BCUT2D eigenvalue weighted by Gasteiger charge is 2.16. The molecule has 3 aromatic rings. The number of rotatable bonds is 7. The van der Waals surface area contributed by atoms with Gasteiger partial charge in [-0.3, -0.25) is 14.5 Å². The topological polar surface area (TPSA) is 85.4 Å². The van der Waals surface area contributed by atoms with Gasteiger partial charge in [0, 0.05) is 36.2 Å². The van der Waals surface area contributed by atoms with Crippen molar-refractivity contribution in [2.24, 2.45) is 0 Å². The molecule has 1 unspecified atom stereocenters. The molecule has 1 atom stereocenters. The van der Waals surface area contributed by atoms with E-state index in [2.05, 4.69) is 10.3 Å². The fourth-order valence-corrected chi connectivity index (χ4v) is 3.44. The summed E-state index contributed by atoms with van der Waals surface area (Å²) >= 11 is 5.85. The number of halogens is 2. The van der Waals surface area contributed by atoms with E-state index in [-0.39, 0.29) is 23.0 Å². The maximum Gasteiger partial charge on any atom is 0.257 e. The maximum absolute atomic E-state index is 14.5. The van der Waals surface area contributed by atoms with Gasteiger partial charge in [0.05, 0.1) is 11.6 Å². The summed E-state index contributed by atoms with van der Waals surface area (Å²) in [5, 5.41) is 12.9. The number of hydrogen-bond acceptors (Lipinski definition) is 4. The number of benzene rings is 2. The van der Waals surface area contributed by atoms with Crippen LogP contribution in [0.25, 0.3) is 10.9 Å². The van der Waals surface area contributed by atoms with Crippen molar-refractivity contribution in [3.05, 3.63) is 80.3 Å². The minimum Gasteiger partial charge on any atom is -0.392 e. The molecule has 3 rings (SSSR count).